The van der Waals surface area contributed by atoms with Crippen LogP contribution in [0.2, 0.25) is 0 Å². The smallest absolute Gasteiger partial charge is 0.237 e. The lowest BCUT2D eigenvalue weighted by Gasteiger charge is -2.28. The van der Waals surface area contributed by atoms with Crippen LogP contribution >= 0.6 is 0 Å². The second kappa shape index (κ2) is 8.96. The van der Waals surface area contributed by atoms with Crippen molar-refractivity contribution in [2.45, 2.75) is 32.9 Å². The average molecular weight is 358 g/mol. The van der Waals surface area contributed by atoms with Gasteiger partial charge in [0.25, 0.3) is 0 Å². The summed E-state index contributed by atoms with van der Waals surface area (Å²) >= 11 is 0. The van der Waals surface area contributed by atoms with Crippen molar-refractivity contribution in [3.8, 4) is 0 Å². The van der Waals surface area contributed by atoms with Gasteiger partial charge in [0.2, 0.25) is 5.91 Å². The minimum atomic E-state index is -0.592. The number of rotatable bonds is 9. The van der Waals surface area contributed by atoms with Crippen molar-refractivity contribution in [3.05, 3.63) is 54.1 Å². The zero-order chi connectivity index (χ0) is 19.2. The van der Waals surface area contributed by atoms with Gasteiger partial charge < -0.3 is 20.5 Å². The first-order valence-electron chi connectivity index (χ1n) is 8.98. The molecule has 0 fully saturated rings. The quantitative estimate of drug-likeness (QED) is 0.713. The Kier molecular flexibility index (Phi) is 6.94. The number of benzene rings is 1. The van der Waals surface area contributed by atoms with Gasteiger partial charge in [-0.05, 0) is 25.1 Å². The van der Waals surface area contributed by atoms with Crippen molar-refractivity contribution >= 4 is 5.91 Å². The standard InChI is InChI=1S/C20H31N5O/c1-20(2,14-24(3)4)13-22-19(26)18(21)10-17-12-25(15-23-17)11-16-8-6-5-7-9-16/h5-9,12,15,18H,10-11,13-14,21H2,1-4H3,(H,22,26)/t18-/m0/s1. The fourth-order valence-electron chi connectivity index (χ4n) is 3.08. The van der Waals surface area contributed by atoms with Crippen LogP contribution in [0.5, 0.6) is 0 Å². The van der Waals surface area contributed by atoms with Crippen molar-refractivity contribution in [1.29, 1.82) is 0 Å². The van der Waals surface area contributed by atoms with Crippen molar-refractivity contribution in [3.63, 3.8) is 0 Å². The predicted molar refractivity (Wildman–Crippen MR) is 105 cm³/mol. The number of hydrogen-bond acceptors (Lipinski definition) is 4. The lowest BCUT2D eigenvalue weighted by Crippen LogP contribution is -2.47. The molecule has 0 aliphatic heterocycles. The van der Waals surface area contributed by atoms with E-state index in [-0.39, 0.29) is 11.3 Å². The van der Waals surface area contributed by atoms with Crippen LogP contribution in [-0.4, -0.2) is 53.6 Å². The fourth-order valence-corrected chi connectivity index (χ4v) is 3.08. The molecular weight excluding hydrogens is 326 g/mol. The number of nitrogens with two attached hydrogens (primary N) is 1. The summed E-state index contributed by atoms with van der Waals surface area (Å²) in [4.78, 5) is 18.8. The third-order valence-corrected chi connectivity index (χ3v) is 4.15. The Labute approximate surface area is 156 Å². The van der Waals surface area contributed by atoms with Crippen molar-refractivity contribution in [2.24, 2.45) is 11.1 Å². The minimum absolute atomic E-state index is 0.00383. The second-order valence-corrected chi connectivity index (χ2v) is 7.95. The molecule has 2 aromatic rings. The highest BCUT2D eigenvalue weighted by atomic mass is 16.2. The molecule has 0 aliphatic carbocycles. The minimum Gasteiger partial charge on any atom is -0.354 e. The van der Waals surface area contributed by atoms with Gasteiger partial charge in [0.1, 0.15) is 0 Å². The van der Waals surface area contributed by atoms with Crippen LogP contribution in [0.15, 0.2) is 42.9 Å². The van der Waals surface area contributed by atoms with Gasteiger partial charge in [0, 0.05) is 32.3 Å². The molecule has 0 bridgehead atoms. The maximum absolute atomic E-state index is 12.3. The maximum Gasteiger partial charge on any atom is 0.237 e. The van der Waals surface area contributed by atoms with Gasteiger partial charge in [-0.1, -0.05) is 44.2 Å². The Morgan fingerprint density at radius 1 is 1.31 bits per heavy atom. The molecule has 1 atom stereocenters. The molecule has 0 saturated carbocycles. The third-order valence-electron chi connectivity index (χ3n) is 4.15. The molecule has 0 spiro atoms. The normalized spacial score (nSPS) is 13.0. The van der Waals surface area contributed by atoms with E-state index >= 15 is 0 Å². The Balaban J connectivity index is 1.83. The number of amides is 1. The third kappa shape index (κ3) is 6.61. The molecule has 26 heavy (non-hydrogen) atoms. The molecule has 1 heterocycles. The molecule has 1 aromatic heterocycles. The van der Waals surface area contributed by atoms with E-state index in [2.05, 4.69) is 41.2 Å². The molecule has 6 nitrogen and oxygen atoms in total. The summed E-state index contributed by atoms with van der Waals surface area (Å²) in [7, 11) is 4.06. The van der Waals surface area contributed by atoms with Crippen LogP contribution in [0.4, 0.5) is 0 Å². The number of nitrogens with one attached hydrogen (secondary N) is 1. The number of carbonyl (C=O) groups excluding carboxylic acids is 1. The highest BCUT2D eigenvalue weighted by molar-refractivity contribution is 5.81. The Hall–Kier alpha value is -2.18. The molecule has 142 valence electrons. The van der Waals surface area contributed by atoms with E-state index in [0.717, 1.165) is 18.8 Å². The summed E-state index contributed by atoms with van der Waals surface area (Å²) in [6.45, 7) is 6.51. The van der Waals surface area contributed by atoms with Crippen molar-refractivity contribution in [2.75, 3.05) is 27.2 Å². The largest absolute Gasteiger partial charge is 0.354 e. The number of carbonyl (C=O) groups is 1. The summed E-state index contributed by atoms with van der Waals surface area (Å²) in [5.74, 6) is -0.130. The monoisotopic (exact) mass is 357 g/mol. The Bertz CT molecular complexity index is 693. The van der Waals surface area contributed by atoms with Crippen LogP contribution in [-0.2, 0) is 17.8 Å². The van der Waals surface area contributed by atoms with Gasteiger partial charge in [0.15, 0.2) is 0 Å². The van der Waals surface area contributed by atoms with Crippen LogP contribution < -0.4 is 11.1 Å². The number of aromatic nitrogens is 2. The van der Waals surface area contributed by atoms with Crippen LogP contribution in [0.25, 0.3) is 0 Å². The molecule has 1 amide bonds. The van der Waals surface area contributed by atoms with E-state index in [1.807, 2.05) is 43.1 Å². The van der Waals surface area contributed by atoms with Crippen LogP contribution in [0, 0.1) is 5.41 Å². The van der Waals surface area contributed by atoms with E-state index in [1.54, 1.807) is 6.33 Å². The van der Waals surface area contributed by atoms with Crippen molar-refractivity contribution < 1.29 is 4.79 Å². The van der Waals surface area contributed by atoms with Gasteiger partial charge in [-0.2, -0.15) is 0 Å². The van der Waals surface area contributed by atoms with E-state index in [0.29, 0.717) is 13.0 Å². The SMILES string of the molecule is CN(C)CC(C)(C)CNC(=O)[C@@H](N)Cc1cn(Cc2ccccc2)cn1. The summed E-state index contributed by atoms with van der Waals surface area (Å²) in [5.41, 5.74) is 8.11. The lowest BCUT2D eigenvalue weighted by atomic mass is 9.93. The first kappa shape index (κ1) is 20.1. The summed E-state index contributed by atoms with van der Waals surface area (Å²) in [5, 5.41) is 2.97. The zero-order valence-electron chi connectivity index (χ0n) is 16.3. The summed E-state index contributed by atoms with van der Waals surface area (Å²) in [6, 6.07) is 9.60. The van der Waals surface area contributed by atoms with E-state index in [4.69, 9.17) is 5.73 Å². The molecular formula is C20H31N5O. The van der Waals surface area contributed by atoms with Crippen LogP contribution in [0.3, 0.4) is 0 Å². The van der Waals surface area contributed by atoms with Gasteiger partial charge in [-0.15, -0.1) is 0 Å². The first-order valence-corrected chi connectivity index (χ1v) is 8.98. The van der Waals surface area contributed by atoms with Gasteiger partial charge in [-0.25, -0.2) is 4.98 Å². The number of nitrogens with zero attached hydrogens (tertiary/aromatic N) is 3. The molecule has 0 aliphatic rings. The van der Waals surface area contributed by atoms with Gasteiger partial charge in [0.05, 0.1) is 18.1 Å². The number of hydrogen-bond donors (Lipinski definition) is 2. The summed E-state index contributed by atoms with van der Waals surface area (Å²) in [6.07, 6.45) is 4.17. The topological polar surface area (TPSA) is 76.2 Å². The maximum atomic E-state index is 12.3. The number of imidazole rings is 1. The molecule has 1 aromatic carbocycles. The van der Waals surface area contributed by atoms with Crippen molar-refractivity contribution in [1.82, 2.24) is 19.8 Å². The molecule has 6 heteroatoms. The van der Waals surface area contributed by atoms with E-state index in [9.17, 15) is 4.79 Å². The van der Waals surface area contributed by atoms with Crippen LogP contribution in [0.1, 0.15) is 25.1 Å². The fraction of sp³-hybridized carbons (Fsp3) is 0.500. The molecule has 2 rings (SSSR count). The molecule has 3 N–H and O–H groups in total. The average Bonchev–Trinajstić information content (AvgIpc) is 2.99. The molecule has 0 saturated heterocycles. The Morgan fingerprint density at radius 2 is 2.00 bits per heavy atom. The molecule has 0 radical (unpaired) electrons. The highest BCUT2D eigenvalue weighted by Crippen LogP contribution is 2.14. The first-order chi connectivity index (χ1) is 12.2. The van der Waals surface area contributed by atoms with E-state index in [1.165, 1.54) is 5.56 Å². The predicted octanol–water partition coefficient (Wildman–Crippen LogP) is 1.51. The highest BCUT2D eigenvalue weighted by Gasteiger charge is 2.22. The summed E-state index contributed by atoms with van der Waals surface area (Å²) < 4.78 is 2.01. The second-order valence-electron chi connectivity index (χ2n) is 7.95. The van der Waals surface area contributed by atoms with Gasteiger partial charge in [-0.3, -0.25) is 4.79 Å². The zero-order valence-corrected chi connectivity index (χ0v) is 16.3. The lowest BCUT2D eigenvalue weighted by molar-refractivity contribution is -0.122. The van der Waals surface area contributed by atoms with E-state index < -0.39 is 6.04 Å². The molecule has 0 unspecified atom stereocenters. The van der Waals surface area contributed by atoms with Gasteiger partial charge >= 0.3 is 0 Å². The Morgan fingerprint density at radius 3 is 2.65 bits per heavy atom.